The van der Waals surface area contributed by atoms with Crippen molar-refractivity contribution in [2.24, 2.45) is 23.0 Å². The van der Waals surface area contributed by atoms with Crippen LogP contribution in [-0.4, -0.2) is 26.8 Å². The van der Waals surface area contributed by atoms with Gasteiger partial charge in [-0.25, -0.2) is 13.1 Å². The van der Waals surface area contributed by atoms with Crippen LogP contribution >= 0.6 is 0 Å². The number of hydrogen-bond acceptors (Lipinski definition) is 3. The molecule has 5 heteroatoms. The summed E-state index contributed by atoms with van der Waals surface area (Å²) in [6.07, 6.45) is 8.00. The normalized spacial score (nSPS) is 48.6. The van der Waals surface area contributed by atoms with Crippen molar-refractivity contribution in [3.05, 3.63) is 0 Å². The molecular weight excluding hydrogens is 236 g/mol. The molecule has 98 valence electrons. The van der Waals surface area contributed by atoms with Gasteiger partial charge in [0, 0.05) is 5.54 Å². The Hall–Kier alpha value is -0.130. The molecule has 0 spiro atoms. The summed E-state index contributed by atoms with van der Waals surface area (Å²) in [5.74, 6) is 1.38. The third kappa shape index (κ3) is 2.02. The molecule has 4 aliphatic rings. The summed E-state index contributed by atoms with van der Waals surface area (Å²) in [6.45, 7) is 0.715. The molecule has 0 saturated heterocycles. The molecule has 3 N–H and O–H groups in total. The fourth-order valence-electron chi connectivity index (χ4n) is 5.20. The lowest BCUT2D eigenvalue weighted by Gasteiger charge is -2.61. The number of nitrogens with two attached hydrogens (primary N) is 1. The van der Waals surface area contributed by atoms with Crippen LogP contribution in [0.3, 0.4) is 0 Å². The van der Waals surface area contributed by atoms with Crippen LogP contribution in [0, 0.1) is 17.3 Å². The van der Waals surface area contributed by atoms with Crippen molar-refractivity contribution < 1.29 is 8.42 Å². The van der Waals surface area contributed by atoms with E-state index < -0.39 is 10.0 Å². The minimum absolute atomic E-state index is 0.170. The molecule has 0 amide bonds. The van der Waals surface area contributed by atoms with Gasteiger partial charge in [-0.3, -0.25) is 0 Å². The van der Waals surface area contributed by atoms with Crippen LogP contribution in [0.4, 0.5) is 0 Å². The van der Waals surface area contributed by atoms with Gasteiger partial charge in [-0.1, -0.05) is 0 Å². The van der Waals surface area contributed by atoms with Crippen LogP contribution in [0.2, 0.25) is 0 Å². The highest BCUT2D eigenvalue weighted by atomic mass is 32.2. The Morgan fingerprint density at radius 3 is 2.29 bits per heavy atom. The van der Waals surface area contributed by atoms with E-state index in [0.717, 1.165) is 19.3 Å². The summed E-state index contributed by atoms with van der Waals surface area (Å²) in [6, 6.07) is 0. The zero-order valence-corrected chi connectivity index (χ0v) is 11.2. The summed E-state index contributed by atoms with van der Waals surface area (Å²) in [4.78, 5) is 0. The molecule has 4 fully saturated rings. The lowest BCUT2D eigenvalue weighted by atomic mass is 9.47. The molecule has 4 rings (SSSR count). The predicted octanol–water partition coefficient (Wildman–Crippen LogP) is 0.833. The van der Waals surface area contributed by atoms with Gasteiger partial charge in [0.05, 0.1) is 6.26 Å². The molecule has 4 bridgehead atoms. The Labute approximate surface area is 103 Å². The van der Waals surface area contributed by atoms with E-state index in [1.807, 2.05) is 0 Å². The van der Waals surface area contributed by atoms with E-state index in [1.165, 1.54) is 25.5 Å². The summed E-state index contributed by atoms with van der Waals surface area (Å²) >= 11 is 0. The van der Waals surface area contributed by atoms with E-state index in [1.54, 1.807) is 0 Å². The summed E-state index contributed by atoms with van der Waals surface area (Å²) in [7, 11) is -3.11. The van der Waals surface area contributed by atoms with Gasteiger partial charge < -0.3 is 5.73 Å². The predicted molar refractivity (Wildman–Crippen MR) is 66.9 cm³/mol. The van der Waals surface area contributed by atoms with Crippen molar-refractivity contribution in [2.75, 3.05) is 12.8 Å². The SMILES string of the molecule is CS(=O)(=O)NC12CC3CC(CC(CN)(C3)C1)C2. The standard InChI is InChI=1S/C12H22N2O2S/c1-17(15,16)14-12-5-9-2-10(6-12)4-11(3-9,7-12)8-13/h9-10,14H,2-8,13H2,1H3. The molecule has 0 aromatic carbocycles. The smallest absolute Gasteiger partial charge is 0.209 e. The molecule has 2 unspecified atom stereocenters. The minimum Gasteiger partial charge on any atom is -0.330 e. The van der Waals surface area contributed by atoms with Gasteiger partial charge in [-0.15, -0.1) is 0 Å². The Kier molecular flexibility index (Phi) is 2.42. The maximum absolute atomic E-state index is 11.6. The van der Waals surface area contributed by atoms with Gasteiger partial charge in [0.1, 0.15) is 0 Å². The van der Waals surface area contributed by atoms with Crippen LogP contribution in [0.25, 0.3) is 0 Å². The Balaban J connectivity index is 1.92. The van der Waals surface area contributed by atoms with Gasteiger partial charge in [0.25, 0.3) is 0 Å². The Morgan fingerprint density at radius 2 is 1.82 bits per heavy atom. The Bertz CT molecular complexity index is 418. The molecule has 0 heterocycles. The van der Waals surface area contributed by atoms with Crippen molar-refractivity contribution in [3.63, 3.8) is 0 Å². The molecule has 4 nitrogen and oxygen atoms in total. The third-order valence-electron chi connectivity index (χ3n) is 5.02. The van der Waals surface area contributed by atoms with E-state index in [2.05, 4.69) is 4.72 Å². The number of sulfonamides is 1. The van der Waals surface area contributed by atoms with Crippen molar-refractivity contribution in [2.45, 2.75) is 44.1 Å². The molecule has 0 radical (unpaired) electrons. The quantitative estimate of drug-likeness (QED) is 0.787. The van der Waals surface area contributed by atoms with E-state index in [9.17, 15) is 8.42 Å². The first-order chi connectivity index (χ1) is 7.84. The molecule has 17 heavy (non-hydrogen) atoms. The molecule has 2 atom stereocenters. The first-order valence-corrected chi connectivity index (χ1v) is 8.42. The molecule has 4 saturated carbocycles. The second-order valence-corrected chi connectivity index (χ2v) is 8.57. The molecule has 0 aromatic rings. The van der Waals surface area contributed by atoms with E-state index in [-0.39, 0.29) is 11.0 Å². The molecular formula is C12H22N2O2S. The fraction of sp³-hybridized carbons (Fsp3) is 1.00. The highest BCUT2D eigenvalue weighted by Gasteiger charge is 2.57. The minimum atomic E-state index is -3.11. The summed E-state index contributed by atoms with van der Waals surface area (Å²) < 4.78 is 26.1. The van der Waals surface area contributed by atoms with Gasteiger partial charge >= 0.3 is 0 Å². The van der Waals surface area contributed by atoms with Gasteiger partial charge in [-0.05, 0) is 62.3 Å². The first kappa shape index (κ1) is 11.9. The molecule has 0 aromatic heterocycles. The molecule has 0 aliphatic heterocycles. The summed E-state index contributed by atoms with van der Waals surface area (Å²) in [5, 5.41) is 0. The zero-order chi connectivity index (χ0) is 12.3. The fourth-order valence-corrected chi connectivity index (χ4v) is 6.23. The van der Waals surface area contributed by atoms with Crippen molar-refractivity contribution >= 4 is 10.0 Å². The third-order valence-corrected chi connectivity index (χ3v) is 5.82. The lowest BCUT2D eigenvalue weighted by molar-refractivity contribution is -0.0679. The van der Waals surface area contributed by atoms with Crippen molar-refractivity contribution in [3.8, 4) is 0 Å². The first-order valence-electron chi connectivity index (χ1n) is 6.53. The average Bonchev–Trinajstić information content (AvgIpc) is 2.11. The number of nitrogens with one attached hydrogen (secondary N) is 1. The average molecular weight is 258 g/mol. The number of hydrogen-bond donors (Lipinski definition) is 2. The van der Waals surface area contributed by atoms with Gasteiger partial charge in [-0.2, -0.15) is 0 Å². The van der Waals surface area contributed by atoms with Crippen LogP contribution in [0.1, 0.15) is 38.5 Å². The highest BCUT2D eigenvalue weighted by Crippen LogP contribution is 2.61. The lowest BCUT2D eigenvalue weighted by Crippen LogP contribution is -2.64. The second-order valence-electron chi connectivity index (χ2n) is 6.82. The largest absolute Gasteiger partial charge is 0.330 e. The van der Waals surface area contributed by atoms with Gasteiger partial charge in [0.15, 0.2) is 0 Å². The van der Waals surface area contributed by atoms with Crippen LogP contribution in [0.15, 0.2) is 0 Å². The van der Waals surface area contributed by atoms with Crippen LogP contribution in [-0.2, 0) is 10.0 Å². The maximum atomic E-state index is 11.6. The zero-order valence-electron chi connectivity index (χ0n) is 10.4. The highest BCUT2D eigenvalue weighted by molar-refractivity contribution is 7.88. The van der Waals surface area contributed by atoms with E-state index in [4.69, 9.17) is 5.73 Å². The van der Waals surface area contributed by atoms with Crippen molar-refractivity contribution in [1.82, 2.24) is 4.72 Å². The topological polar surface area (TPSA) is 72.2 Å². The maximum Gasteiger partial charge on any atom is 0.209 e. The van der Waals surface area contributed by atoms with E-state index in [0.29, 0.717) is 18.4 Å². The molecule has 4 aliphatic carbocycles. The van der Waals surface area contributed by atoms with Crippen molar-refractivity contribution in [1.29, 1.82) is 0 Å². The number of rotatable bonds is 3. The monoisotopic (exact) mass is 258 g/mol. The van der Waals surface area contributed by atoms with E-state index >= 15 is 0 Å². The van der Waals surface area contributed by atoms with Crippen LogP contribution in [0.5, 0.6) is 0 Å². The van der Waals surface area contributed by atoms with Gasteiger partial charge in [0.2, 0.25) is 10.0 Å². The Morgan fingerprint density at radius 1 is 1.24 bits per heavy atom. The second kappa shape index (κ2) is 3.45. The summed E-state index contributed by atoms with van der Waals surface area (Å²) in [5.41, 5.74) is 6.03. The van der Waals surface area contributed by atoms with Crippen LogP contribution < -0.4 is 10.5 Å².